The van der Waals surface area contributed by atoms with Crippen molar-refractivity contribution >= 4 is 13.2 Å². The van der Waals surface area contributed by atoms with Crippen LogP contribution in [0.4, 0.5) is 0 Å². The van der Waals surface area contributed by atoms with Crippen molar-refractivity contribution in [1.82, 2.24) is 0 Å². The zero-order chi connectivity index (χ0) is 15.5. The van der Waals surface area contributed by atoms with E-state index in [-0.39, 0.29) is 0 Å². The molecule has 0 saturated heterocycles. The van der Waals surface area contributed by atoms with E-state index >= 15 is 0 Å². The predicted octanol–water partition coefficient (Wildman–Crippen LogP) is 6.21. The Bertz CT molecular complexity index is 273. The van der Waals surface area contributed by atoms with Crippen LogP contribution in [0.5, 0.6) is 0 Å². The van der Waals surface area contributed by atoms with E-state index in [0.717, 1.165) is 11.8 Å². The summed E-state index contributed by atoms with van der Waals surface area (Å²) in [6.45, 7) is 20.4. The van der Waals surface area contributed by atoms with Gasteiger partial charge in [-0.2, -0.15) is 0 Å². The molecule has 0 nitrogen and oxygen atoms in total. The Balaban J connectivity index is 4.36. The van der Waals surface area contributed by atoms with Gasteiger partial charge in [-0.1, -0.05) is 55.4 Å². The lowest BCUT2D eigenvalue weighted by molar-refractivity contribution is 0.318. The summed E-state index contributed by atoms with van der Waals surface area (Å²) >= 11 is 0. The molecule has 0 rings (SSSR count). The molecular formula is C18H39P. The smallest absolute Gasteiger partial charge is 0.0308 e. The molecule has 0 fully saturated rings. The standard InChI is InChI=1S/C18H39P/c1-15(11-17(3,4)5)13-19(9,10)14-16(2)12-18(6,7)8/h15-16H,9,11-14H2,1-8,10H3. The zero-order valence-electron chi connectivity index (χ0n) is 15.1. The second kappa shape index (κ2) is 6.84. The van der Waals surface area contributed by atoms with E-state index in [1.165, 1.54) is 25.2 Å². The van der Waals surface area contributed by atoms with Gasteiger partial charge in [-0.3, -0.25) is 0 Å². The van der Waals surface area contributed by atoms with Crippen LogP contribution in [0.1, 0.15) is 68.2 Å². The summed E-state index contributed by atoms with van der Waals surface area (Å²) in [4.78, 5) is 0. The minimum atomic E-state index is -0.977. The predicted molar refractivity (Wildman–Crippen MR) is 96.2 cm³/mol. The second-order valence-electron chi connectivity index (χ2n) is 9.72. The average molecular weight is 286 g/mol. The molecule has 0 aliphatic rings. The van der Waals surface area contributed by atoms with E-state index in [2.05, 4.69) is 68.4 Å². The van der Waals surface area contributed by atoms with Crippen LogP contribution in [-0.4, -0.2) is 25.3 Å². The molecule has 0 aromatic heterocycles. The third-order valence-corrected chi connectivity index (χ3v) is 6.44. The molecule has 19 heavy (non-hydrogen) atoms. The van der Waals surface area contributed by atoms with Gasteiger partial charge < -0.3 is 0 Å². The summed E-state index contributed by atoms with van der Waals surface area (Å²) in [6, 6.07) is 0. The van der Waals surface area contributed by atoms with Crippen molar-refractivity contribution in [3.05, 3.63) is 0 Å². The molecule has 0 bridgehead atoms. The highest BCUT2D eigenvalue weighted by Gasteiger charge is 2.22. The fourth-order valence-corrected chi connectivity index (χ4v) is 7.22. The van der Waals surface area contributed by atoms with Crippen LogP contribution in [0, 0.1) is 22.7 Å². The van der Waals surface area contributed by atoms with Gasteiger partial charge in [-0.05, 0) is 54.5 Å². The highest BCUT2D eigenvalue weighted by Crippen LogP contribution is 2.47. The molecule has 0 saturated carbocycles. The highest BCUT2D eigenvalue weighted by atomic mass is 31.2. The first-order valence-corrected chi connectivity index (χ1v) is 10.7. The molecule has 2 atom stereocenters. The molecule has 0 aliphatic heterocycles. The Morgan fingerprint density at radius 1 is 0.789 bits per heavy atom. The first kappa shape index (κ1) is 19.3. The minimum Gasteiger partial charge on any atom is -0.114 e. The van der Waals surface area contributed by atoms with Crippen molar-refractivity contribution in [2.75, 3.05) is 19.0 Å². The molecular weight excluding hydrogens is 247 g/mol. The quantitative estimate of drug-likeness (QED) is 0.509. The van der Waals surface area contributed by atoms with Gasteiger partial charge in [-0.15, -0.1) is 13.2 Å². The summed E-state index contributed by atoms with van der Waals surface area (Å²) in [5.74, 6) is 1.63. The molecule has 0 radical (unpaired) electrons. The van der Waals surface area contributed by atoms with Gasteiger partial charge in [0.1, 0.15) is 0 Å². The van der Waals surface area contributed by atoms with Crippen molar-refractivity contribution in [2.24, 2.45) is 22.7 Å². The van der Waals surface area contributed by atoms with Gasteiger partial charge in [0.2, 0.25) is 0 Å². The maximum Gasteiger partial charge on any atom is -0.0308 e. The monoisotopic (exact) mass is 286 g/mol. The number of hydrogen-bond acceptors (Lipinski definition) is 0. The zero-order valence-corrected chi connectivity index (χ0v) is 16.0. The lowest BCUT2D eigenvalue weighted by Gasteiger charge is -2.32. The van der Waals surface area contributed by atoms with E-state index in [1.54, 1.807) is 0 Å². The summed E-state index contributed by atoms with van der Waals surface area (Å²) in [7, 11) is 0. The van der Waals surface area contributed by atoms with Crippen molar-refractivity contribution in [2.45, 2.75) is 68.2 Å². The van der Waals surface area contributed by atoms with Gasteiger partial charge in [0.25, 0.3) is 0 Å². The molecule has 0 heterocycles. The summed E-state index contributed by atoms with van der Waals surface area (Å²) in [6.07, 6.45) is 9.99. The van der Waals surface area contributed by atoms with Crippen LogP contribution in [0.15, 0.2) is 0 Å². The first-order valence-electron chi connectivity index (χ1n) is 7.89. The first-order chi connectivity index (χ1) is 8.20. The summed E-state index contributed by atoms with van der Waals surface area (Å²) in [5.41, 5.74) is 0.910. The maximum atomic E-state index is 4.62. The van der Waals surface area contributed by atoms with E-state index in [0.29, 0.717) is 10.8 Å². The van der Waals surface area contributed by atoms with E-state index in [1.807, 2.05) is 0 Å². The number of rotatable bonds is 6. The third-order valence-electron chi connectivity index (χ3n) is 3.43. The maximum absolute atomic E-state index is 4.62. The van der Waals surface area contributed by atoms with Gasteiger partial charge >= 0.3 is 0 Å². The second-order valence-corrected chi connectivity index (χ2v) is 13.7. The third kappa shape index (κ3) is 11.8. The van der Waals surface area contributed by atoms with Crippen molar-refractivity contribution < 1.29 is 0 Å². The molecule has 0 aromatic rings. The normalized spacial score (nSPS) is 19.8. The molecule has 0 aliphatic carbocycles. The fraction of sp³-hybridized carbons (Fsp3) is 0.944. The van der Waals surface area contributed by atoms with Crippen LogP contribution in [0.3, 0.4) is 0 Å². The molecule has 116 valence electrons. The van der Waals surface area contributed by atoms with Gasteiger partial charge in [-0.25, -0.2) is 0 Å². The molecule has 0 amide bonds. The van der Waals surface area contributed by atoms with Crippen LogP contribution in [0.2, 0.25) is 0 Å². The van der Waals surface area contributed by atoms with Crippen molar-refractivity contribution in [1.29, 1.82) is 0 Å². The molecule has 0 N–H and O–H groups in total. The Labute approximate surface area is 123 Å². The van der Waals surface area contributed by atoms with Crippen LogP contribution in [-0.2, 0) is 0 Å². The summed E-state index contributed by atoms with van der Waals surface area (Å²) < 4.78 is 0. The Morgan fingerprint density at radius 3 is 1.26 bits per heavy atom. The molecule has 0 spiro atoms. The van der Waals surface area contributed by atoms with E-state index in [4.69, 9.17) is 0 Å². The lowest BCUT2D eigenvalue weighted by atomic mass is 9.86. The largest absolute Gasteiger partial charge is 0.114 e. The Kier molecular flexibility index (Phi) is 6.95. The topological polar surface area (TPSA) is 0 Å². The van der Waals surface area contributed by atoms with E-state index < -0.39 is 6.89 Å². The van der Waals surface area contributed by atoms with Gasteiger partial charge in [0, 0.05) is 0 Å². The van der Waals surface area contributed by atoms with Crippen molar-refractivity contribution in [3.8, 4) is 0 Å². The van der Waals surface area contributed by atoms with Crippen LogP contribution in [0.25, 0.3) is 0 Å². The van der Waals surface area contributed by atoms with E-state index in [9.17, 15) is 0 Å². The highest BCUT2D eigenvalue weighted by molar-refractivity contribution is 7.73. The molecule has 2 unspecified atom stereocenters. The van der Waals surface area contributed by atoms with Crippen LogP contribution >= 0.6 is 6.89 Å². The van der Waals surface area contributed by atoms with Crippen LogP contribution < -0.4 is 0 Å². The summed E-state index contributed by atoms with van der Waals surface area (Å²) in [5, 5.41) is 0. The Morgan fingerprint density at radius 2 is 1.05 bits per heavy atom. The average Bonchev–Trinajstić information content (AvgIpc) is 1.89. The number of hydrogen-bond donors (Lipinski definition) is 0. The van der Waals surface area contributed by atoms with Gasteiger partial charge in [0.15, 0.2) is 0 Å². The fourth-order valence-electron chi connectivity index (χ4n) is 3.80. The van der Waals surface area contributed by atoms with Gasteiger partial charge in [0.05, 0.1) is 0 Å². The van der Waals surface area contributed by atoms with Crippen molar-refractivity contribution in [3.63, 3.8) is 0 Å². The SMILES string of the molecule is C=P(C)(CC(C)CC(C)(C)C)CC(C)CC(C)(C)C. The lowest BCUT2D eigenvalue weighted by Crippen LogP contribution is -2.18. The molecule has 1 heteroatoms. The molecule has 0 aromatic carbocycles. The Hall–Kier alpha value is 0.300. The minimum absolute atomic E-state index is 0.455.